The van der Waals surface area contributed by atoms with Gasteiger partial charge in [0.1, 0.15) is 5.75 Å². The van der Waals surface area contributed by atoms with Gasteiger partial charge >= 0.3 is 6.03 Å². The van der Waals surface area contributed by atoms with Crippen molar-refractivity contribution in [3.8, 4) is 5.75 Å². The molecule has 3 aromatic carbocycles. The zero-order valence-electron chi connectivity index (χ0n) is 17.5. The first-order valence-corrected chi connectivity index (χ1v) is 10.8. The molecule has 0 saturated carbocycles. The number of anilines is 1. The third-order valence-electron chi connectivity index (χ3n) is 5.90. The lowest BCUT2D eigenvalue weighted by atomic mass is 9.90. The fourth-order valence-corrected chi connectivity index (χ4v) is 4.58. The maximum Gasteiger partial charge on any atom is 0.325 e. The van der Waals surface area contributed by atoms with Crippen molar-refractivity contribution in [2.45, 2.75) is 31.7 Å². The Morgan fingerprint density at radius 1 is 1.16 bits per heavy atom. The topological polar surface area (TPSA) is 70.7 Å². The predicted molar refractivity (Wildman–Crippen MR) is 123 cm³/mol. The summed E-state index contributed by atoms with van der Waals surface area (Å²) in [6.07, 6.45) is 0.552. The standard InChI is InChI=1S/C25H22ClN3O3/c1-25-14-21(20-13-18(26)10-11-22(20)32-25)28-24(31)29(25)19-9-5-8-17(12-19)23(30)27-15-16-6-3-2-4-7-16/h2-13,21H,14-15H2,1H3,(H,27,30)(H,28,31). The average Bonchev–Trinajstić information content (AvgIpc) is 2.78. The Labute approximate surface area is 191 Å². The second-order valence-corrected chi connectivity index (χ2v) is 8.66. The van der Waals surface area contributed by atoms with Crippen LogP contribution in [0.15, 0.2) is 72.8 Å². The number of carbonyl (C=O) groups excluding carboxylic acids is 2. The first-order chi connectivity index (χ1) is 15.4. The van der Waals surface area contributed by atoms with Crippen LogP contribution in [-0.4, -0.2) is 17.7 Å². The van der Waals surface area contributed by atoms with Crippen LogP contribution in [0.25, 0.3) is 0 Å². The molecule has 0 aliphatic carbocycles. The number of rotatable bonds is 4. The van der Waals surface area contributed by atoms with E-state index in [9.17, 15) is 9.59 Å². The normalized spacial score (nSPS) is 21.2. The van der Waals surface area contributed by atoms with Gasteiger partial charge in [-0.1, -0.05) is 48.0 Å². The fourth-order valence-electron chi connectivity index (χ4n) is 4.40. The first kappa shape index (κ1) is 20.4. The lowest BCUT2D eigenvalue weighted by Crippen LogP contribution is -2.65. The summed E-state index contributed by atoms with van der Waals surface area (Å²) in [5.41, 5.74) is 2.05. The van der Waals surface area contributed by atoms with Crippen molar-refractivity contribution in [1.82, 2.24) is 10.6 Å². The number of nitrogens with one attached hydrogen (secondary N) is 2. The highest BCUT2D eigenvalue weighted by molar-refractivity contribution is 6.30. The number of hydrogen-bond donors (Lipinski definition) is 2. The molecule has 2 unspecified atom stereocenters. The number of benzene rings is 3. The van der Waals surface area contributed by atoms with E-state index >= 15 is 0 Å². The summed E-state index contributed by atoms with van der Waals surface area (Å²) < 4.78 is 6.29. The van der Waals surface area contributed by atoms with Gasteiger partial charge < -0.3 is 15.4 Å². The molecule has 6 nitrogen and oxygen atoms in total. The van der Waals surface area contributed by atoms with Crippen molar-refractivity contribution in [1.29, 1.82) is 0 Å². The van der Waals surface area contributed by atoms with Crippen molar-refractivity contribution in [2.75, 3.05) is 4.90 Å². The van der Waals surface area contributed by atoms with Crippen LogP contribution < -0.4 is 20.3 Å². The minimum atomic E-state index is -0.896. The van der Waals surface area contributed by atoms with Gasteiger partial charge in [-0.2, -0.15) is 0 Å². The molecule has 0 radical (unpaired) electrons. The van der Waals surface area contributed by atoms with Crippen molar-refractivity contribution in [2.24, 2.45) is 0 Å². The predicted octanol–water partition coefficient (Wildman–Crippen LogP) is 5.04. The second-order valence-electron chi connectivity index (χ2n) is 8.22. The molecule has 2 aliphatic rings. The number of carbonyl (C=O) groups is 2. The Morgan fingerprint density at radius 2 is 1.97 bits per heavy atom. The molecule has 2 bridgehead atoms. The molecule has 2 heterocycles. The van der Waals surface area contributed by atoms with Crippen LogP contribution in [0.2, 0.25) is 5.02 Å². The minimum absolute atomic E-state index is 0.191. The molecular weight excluding hydrogens is 426 g/mol. The van der Waals surface area contributed by atoms with Gasteiger partial charge in [-0.3, -0.25) is 9.69 Å². The number of nitrogens with zero attached hydrogens (tertiary/aromatic N) is 1. The average molecular weight is 448 g/mol. The van der Waals surface area contributed by atoms with E-state index < -0.39 is 5.72 Å². The number of fused-ring (bicyclic) bond motifs is 4. The van der Waals surface area contributed by atoms with E-state index in [1.165, 1.54) is 0 Å². The van der Waals surface area contributed by atoms with E-state index in [4.69, 9.17) is 16.3 Å². The van der Waals surface area contributed by atoms with Gasteiger partial charge in [-0.15, -0.1) is 0 Å². The minimum Gasteiger partial charge on any atom is -0.467 e. The van der Waals surface area contributed by atoms with Crippen molar-refractivity contribution in [3.05, 3.63) is 94.5 Å². The molecule has 3 amide bonds. The van der Waals surface area contributed by atoms with Crippen LogP contribution in [0.3, 0.4) is 0 Å². The maximum atomic E-state index is 13.1. The van der Waals surface area contributed by atoms with Crippen molar-refractivity contribution < 1.29 is 14.3 Å². The zero-order valence-corrected chi connectivity index (χ0v) is 18.2. The van der Waals surface area contributed by atoms with E-state index in [0.29, 0.717) is 35.0 Å². The summed E-state index contributed by atoms with van der Waals surface area (Å²) in [4.78, 5) is 27.4. The van der Waals surface area contributed by atoms with Gasteiger partial charge in [0, 0.05) is 29.1 Å². The van der Waals surface area contributed by atoms with Crippen LogP contribution in [-0.2, 0) is 6.54 Å². The highest BCUT2D eigenvalue weighted by atomic mass is 35.5. The molecule has 162 valence electrons. The van der Waals surface area contributed by atoms with E-state index in [0.717, 1.165) is 11.1 Å². The lowest BCUT2D eigenvalue weighted by Gasteiger charge is -2.50. The quantitative estimate of drug-likeness (QED) is 0.588. The van der Waals surface area contributed by atoms with Crippen LogP contribution in [0.4, 0.5) is 10.5 Å². The van der Waals surface area contributed by atoms with Gasteiger partial charge in [-0.25, -0.2) is 4.79 Å². The van der Waals surface area contributed by atoms with E-state index in [-0.39, 0.29) is 18.0 Å². The smallest absolute Gasteiger partial charge is 0.325 e. The highest BCUT2D eigenvalue weighted by Crippen LogP contribution is 2.46. The van der Waals surface area contributed by atoms with Crippen LogP contribution in [0.1, 0.15) is 40.9 Å². The molecule has 3 aromatic rings. The Balaban J connectivity index is 1.41. The monoisotopic (exact) mass is 447 g/mol. The number of ether oxygens (including phenoxy) is 1. The molecule has 2 N–H and O–H groups in total. The van der Waals surface area contributed by atoms with E-state index in [1.807, 2.05) is 49.4 Å². The molecule has 32 heavy (non-hydrogen) atoms. The van der Waals surface area contributed by atoms with Crippen LogP contribution >= 0.6 is 11.6 Å². The summed E-state index contributed by atoms with van der Waals surface area (Å²) in [6, 6.07) is 21.7. The molecule has 1 fully saturated rings. The summed E-state index contributed by atoms with van der Waals surface area (Å²) in [5.74, 6) is 0.482. The SMILES string of the molecule is CC12CC(NC(=O)N1c1cccc(C(=O)NCc3ccccc3)c1)c1cc(Cl)ccc1O2. The molecule has 7 heteroatoms. The first-order valence-electron chi connectivity index (χ1n) is 10.4. The lowest BCUT2D eigenvalue weighted by molar-refractivity contribution is 0.0378. The summed E-state index contributed by atoms with van der Waals surface area (Å²) in [5, 5.41) is 6.57. The summed E-state index contributed by atoms with van der Waals surface area (Å²) in [6.45, 7) is 2.31. The Hall–Kier alpha value is -3.51. The number of halogens is 1. The largest absolute Gasteiger partial charge is 0.467 e. The second kappa shape index (κ2) is 7.88. The Kier molecular flexibility index (Phi) is 5.02. The van der Waals surface area contributed by atoms with Gasteiger partial charge in [-0.05, 0) is 48.9 Å². The Bertz CT molecular complexity index is 1200. The van der Waals surface area contributed by atoms with Gasteiger partial charge in [0.25, 0.3) is 5.91 Å². The third kappa shape index (κ3) is 3.67. The molecule has 2 atom stereocenters. The van der Waals surface area contributed by atoms with Crippen LogP contribution in [0.5, 0.6) is 5.75 Å². The van der Waals surface area contributed by atoms with E-state index in [2.05, 4.69) is 10.6 Å². The van der Waals surface area contributed by atoms with E-state index in [1.54, 1.807) is 35.2 Å². The summed E-state index contributed by atoms with van der Waals surface area (Å²) >= 11 is 6.14. The van der Waals surface area contributed by atoms with Gasteiger partial charge in [0.05, 0.1) is 11.7 Å². The fraction of sp³-hybridized carbons (Fsp3) is 0.200. The molecule has 2 aliphatic heterocycles. The third-order valence-corrected chi connectivity index (χ3v) is 6.13. The molecular formula is C25H22ClN3O3. The van der Waals surface area contributed by atoms with Crippen molar-refractivity contribution in [3.63, 3.8) is 0 Å². The van der Waals surface area contributed by atoms with Crippen molar-refractivity contribution >= 4 is 29.2 Å². The highest BCUT2D eigenvalue weighted by Gasteiger charge is 2.49. The number of urea groups is 1. The van der Waals surface area contributed by atoms with Gasteiger partial charge in [0.2, 0.25) is 0 Å². The number of hydrogen-bond acceptors (Lipinski definition) is 3. The summed E-state index contributed by atoms with van der Waals surface area (Å²) in [7, 11) is 0. The molecule has 0 aromatic heterocycles. The maximum absolute atomic E-state index is 13.1. The number of amides is 3. The Morgan fingerprint density at radius 3 is 2.78 bits per heavy atom. The van der Waals surface area contributed by atoms with Gasteiger partial charge in [0.15, 0.2) is 5.72 Å². The molecule has 1 saturated heterocycles. The zero-order chi connectivity index (χ0) is 22.3. The van der Waals surface area contributed by atoms with Crippen LogP contribution in [0, 0.1) is 0 Å². The molecule has 0 spiro atoms. The molecule has 5 rings (SSSR count).